The van der Waals surface area contributed by atoms with Crippen LogP contribution in [-0.2, 0) is 12.8 Å². The molecule has 2 aliphatic rings. The first-order chi connectivity index (χ1) is 8.64. The van der Waals surface area contributed by atoms with Crippen molar-refractivity contribution in [2.45, 2.75) is 32.2 Å². The zero-order chi connectivity index (χ0) is 12.8. The third-order valence-corrected chi connectivity index (χ3v) is 5.20. The zero-order valence-electron chi connectivity index (χ0n) is 11.5. The van der Waals surface area contributed by atoms with Gasteiger partial charge in [-0.25, -0.2) is 0 Å². The molecular formula is C16H24N2. The van der Waals surface area contributed by atoms with Crippen molar-refractivity contribution in [2.24, 2.45) is 17.6 Å². The molecule has 0 aromatic heterocycles. The van der Waals surface area contributed by atoms with E-state index >= 15 is 0 Å². The second-order valence-corrected chi connectivity index (χ2v) is 6.41. The van der Waals surface area contributed by atoms with Crippen LogP contribution in [-0.4, -0.2) is 30.1 Å². The normalized spacial score (nSPS) is 30.6. The molecule has 2 N–H and O–H groups in total. The van der Waals surface area contributed by atoms with Crippen LogP contribution in [0.4, 0.5) is 0 Å². The predicted octanol–water partition coefficient (Wildman–Crippen LogP) is 2.07. The van der Waals surface area contributed by atoms with Gasteiger partial charge in [-0.2, -0.15) is 0 Å². The third kappa shape index (κ3) is 1.79. The molecule has 1 aromatic rings. The predicted molar refractivity (Wildman–Crippen MR) is 75.5 cm³/mol. The minimum atomic E-state index is 0.197. The number of fused-ring (bicyclic) bond motifs is 1. The van der Waals surface area contributed by atoms with Crippen LogP contribution in [0.5, 0.6) is 0 Å². The van der Waals surface area contributed by atoms with Crippen LogP contribution in [0.25, 0.3) is 0 Å². The van der Waals surface area contributed by atoms with Crippen molar-refractivity contribution in [1.82, 2.24) is 4.90 Å². The number of nitrogens with two attached hydrogens (primary N) is 1. The van der Waals surface area contributed by atoms with Crippen LogP contribution < -0.4 is 5.73 Å². The first-order valence-corrected chi connectivity index (χ1v) is 7.16. The molecule has 0 radical (unpaired) electrons. The standard InChI is InChI=1S/C16H24N2/c1-12-9-18(10-13(12)2)16(11-17)7-14-5-3-4-6-15(14)8-16/h3-6,12-13H,7-11,17H2,1-2H3. The average molecular weight is 244 g/mol. The summed E-state index contributed by atoms with van der Waals surface area (Å²) in [6.45, 7) is 7.95. The van der Waals surface area contributed by atoms with Gasteiger partial charge in [0.15, 0.2) is 0 Å². The highest BCUT2D eigenvalue weighted by Gasteiger charge is 2.44. The van der Waals surface area contributed by atoms with Gasteiger partial charge in [-0.1, -0.05) is 38.1 Å². The molecule has 1 fully saturated rings. The van der Waals surface area contributed by atoms with Crippen molar-refractivity contribution >= 4 is 0 Å². The van der Waals surface area contributed by atoms with E-state index in [9.17, 15) is 0 Å². The topological polar surface area (TPSA) is 29.3 Å². The summed E-state index contributed by atoms with van der Waals surface area (Å²) in [5.74, 6) is 1.61. The molecule has 3 rings (SSSR count). The number of likely N-dealkylation sites (tertiary alicyclic amines) is 1. The molecule has 2 unspecified atom stereocenters. The molecule has 1 aliphatic heterocycles. The summed E-state index contributed by atoms with van der Waals surface area (Å²) < 4.78 is 0. The number of hydrogen-bond acceptors (Lipinski definition) is 2. The Morgan fingerprint density at radius 2 is 1.61 bits per heavy atom. The van der Waals surface area contributed by atoms with Gasteiger partial charge in [0, 0.05) is 25.2 Å². The molecule has 0 spiro atoms. The van der Waals surface area contributed by atoms with Crippen molar-refractivity contribution < 1.29 is 0 Å². The van der Waals surface area contributed by atoms with Crippen molar-refractivity contribution in [3.8, 4) is 0 Å². The lowest BCUT2D eigenvalue weighted by Gasteiger charge is -2.38. The van der Waals surface area contributed by atoms with Crippen LogP contribution in [0.2, 0.25) is 0 Å². The molecule has 0 saturated carbocycles. The van der Waals surface area contributed by atoms with Crippen LogP contribution in [0.3, 0.4) is 0 Å². The van der Waals surface area contributed by atoms with Crippen LogP contribution >= 0.6 is 0 Å². The average Bonchev–Trinajstić information content (AvgIpc) is 2.91. The Labute approximate surface area is 110 Å². The van der Waals surface area contributed by atoms with Crippen LogP contribution in [0, 0.1) is 11.8 Å². The highest BCUT2D eigenvalue weighted by Crippen LogP contribution is 2.38. The monoisotopic (exact) mass is 244 g/mol. The summed E-state index contributed by atoms with van der Waals surface area (Å²) in [5, 5.41) is 0. The summed E-state index contributed by atoms with van der Waals surface area (Å²) in [6, 6.07) is 8.85. The number of hydrogen-bond donors (Lipinski definition) is 1. The second kappa shape index (κ2) is 4.36. The van der Waals surface area contributed by atoms with E-state index in [-0.39, 0.29) is 5.54 Å². The van der Waals surface area contributed by atoms with Crippen molar-refractivity contribution in [3.05, 3.63) is 35.4 Å². The van der Waals surface area contributed by atoms with E-state index in [2.05, 4.69) is 43.0 Å². The Kier molecular flexibility index (Phi) is 2.95. The van der Waals surface area contributed by atoms with E-state index in [1.54, 1.807) is 0 Å². The van der Waals surface area contributed by atoms with Crippen molar-refractivity contribution in [3.63, 3.8) is 0 Å². The van der Waals surface area contributed by atoms with Gasteiger partial charge in [0.05, 0.1) is 0 Å². The van der Waals surface area contributed by atoms with Gasteiger partial charge in [0.2, 0.25) is 0 Å². The molecule has 2 nitrogen and oxygen atoms in total. The van der Waals surface area contributed by atoms with Gasteiger partial charge in [-0.15, -0.1) is 0 Å². The van der Waals surface area contributed by atoms with Gasteiger partial charge < -0.3 is 5.73 Å². The first kappa shape index (κ1) is 12.2. The fourth-order valence-electron chi connectivity index (χ4n) is 3.69. The Bertz CT molecular complexity index is 405. The molecule has 0 amide bonds. The largest absolute Gasteiger partial charge is 0.329 e. The molecular weight excluding hydrogens is 220 g/mol. The van der Waals surface area contributed by atoms with E-state index in [1.807, 2.05) is 0 Å². The Morgan fingerprint density at radius 1 is 1.11 bits per heavy atom. The van der Waals surface area contributed by atoms with Gasteiger partial charge >= 0.3 is 0 Å². The zero-order valence-corrected chi connectivity index (χ0v) is 11.5. The SMILES string of the molecule is CC1CN(C2(CN)Cc3ccccc3C2)CC1C. The Hall–Kier alpha value is -0.860. The number of nitrogens with zero attached hydrogens (tertiary/aromatic N) is 1. The van der Waals surface area contributed by atoms with Crippen LogP contribution in [0.15, 0.2) is 24.3 Å². The fourth-order valence-corrected chi connectivity index (χ4v) is 3.69. The maximum Gasteiger partial charge on any atom is 0.0412 e. The van der Waals surface area contributed by atoms with Gasteiger partial charge in [-0.05, 0) is 35.8 Å². The van der Waals surface area contributed by atoms with E-state index < -0.39 is 0 Å². The molecule has 1 aromatic carbocycles. The molecule has 2 atom stereocenters. The van der Waals surface area contributed by atoms with Gasteiger partial charge in [0.25, 0.3) is 0 Å². The Morgan fingerprint density at radius 3 is 2.06 bits per heavy atom. The summed E-state index contributed by atoms with van der Waals surface area (Å²) >= 11 is 0. The lowest BCUT2D eigenvalue weighted by Crippen LogP contribution is -2.54. The first-order valence-electron chi connectivity index (χ1n) is 7.16. The summed E-state index contributed by atoms with van der Waals surface area (Å²) in [7, 11) is 0. The molecule has 1 aliphatic carbocycles. The second-order valence-electron chi connectivity index (χ2n) is 6.41. The van der Waals surface area contributed by atoms with Crippen molar-refractivity contribution in [1.29, 1.82) is 0 Å². The lowest BCUT2D eigenvalue weighted by molar-refractivity contribution is 0.127. The minimum Gasteiger partial charge on any atom is -0.329 e. The smallest absolute Gasteiger partial charge is 0.0412 e. The minimum absolute atomic E-state index is 0.197. The number of benzene rings is 1. The fraction of sp³-hybridized carbons (Fsp3) is 0.625. The van der Waals surface area contributed by atoms with E-state index in [0.717, 1.165) is 31.2 Å². The summed E-state index contributed by atoms with van der Waals surface area (Å²) in [6.07, 6.45) is 2.28. The third-order valence-electron chi connectivity index (χ3n) is 5.20. The highest BCUT2D eigenvalue weighted by molar-refractivity contribution is 5.36. The summed E-state index contributed by atoms with van der Waals surface area (Å²) in [4.78, 5) is 2.67. The van der Waals surface area contributed by atoms with E-state index in [4.69, 9.17) is 5.73 Å². The van der Waals surface area contributed by atoms with Gasteiger partial charge in [-0.3, -0.25) is 4.90 Å². The molecule has 98 valence electrons. The maximum absolute atomic E-state index is 6.18. The highest BCUT2D eigenvalue weighted by atomic mass is 15.2. The maximum atomic E-state index is 6.18. The van der Waals surface area contributed by atoms with Gasteiger partial charge in [0.1, 0.15) is 0 Å². The molecule has 1 heterocycles. The van der Waals surface area contributed by atoms with E-state index in [0.29, 0.717) is 0 Å². The summed E-state index contributed by atoms with van der Waals surface area (Å²) in [5.41, 5.74) is 9.39. The quantitative estimate of drug-likeness (QED) is 0.863. The molecule has 18 heavy (non-hydrogen) atoms. The number of rotatable bonds is 2. The molecule has 0 bridgehead atoms. The molecule has 2 heteroatoms. The molecule has 1 saturated heterocycles. The van der Waals surface area contributed by atoms with E-state index in [1.165, 1.54) is 24.2 Å². The van der Waals surface area contributed by atoms with Crippen LogP contribution in [0.1, 0.15) is 25.0 Å². The van der Waals surface area contributed by atoms with Crippen molar-refractivity contribution in [2.75, 3.05) is 19.6 Å². The Balaban J connectivity index is 1.86. The lowest BCUT2D eigenvalue weighted by atomic mass is 9.93.